The van der Waals surface area contributed by atoms with Crippen molar-refractivity contribution in [3.63, 3.8) is 0 Å². The zero-order valence-corrected chi connectivity index (χ0v) is 11.2. The molecule has 2 aromatic carbocycles. The second kappa shape index (κ2) is 5.21. The van der Waals surface area contributed by atoms with Gasteiger partial charge in [-0.3, -0.25) is 4.79 Å². The SMILES string of the molecule is Cc1nnc(CC(=O)c2ccccc2)c2ccccc12. The van der Waals surface area contributed by atoms with Gasteiger partial charge < -0.3 is 0 Å². The van der Waals surface area contributed by atoms with Crippen LogP contribution in [0.1, 0.15) is 21.7 Å². The second-order valence-electron chi connectivity index (χ2n) is 4.74. The Morgan fingerprint density at radius 1 is 0.900 bits per heavy atom. The van der Waals surface area contributed by atoms with Crippen LogP contribution in [0.25, 0.3) is 10.8 Å². The molecule has 0 aliphatic heterocycles. The third-order valence-electron chi connectivity index (χ3n) is 3.37. The van der Waals surface area contributed by atoms with Gasteiger partial charge in [-0.1, -0.05) is 54.6 Å². The van der Waals surface area contributed by atoms with Gasteiger partial charge in [0.25, 0.3) is 0 Å². The van der Waals surface area contributed by atoms with E-state index in [1.807, 2.05) is 61.5 Å². The Morgan fingerprint density at radius 3 is 2.30 bits per heavy atom. The van der Waals surface area contributed by atoms with Crippen LogP contribution in [0.4, 0.5) is 0 Å². The lowest BCUT2D eigenvalue weighted by molar-refractivity contribution is 0.0992. The van der Waals surface area contributed by atoms with E-state index in [-0.39, 0.29) is 12.2 Å². The molecule has 0 saturated carbocycles. The molecular formula is C17H14N2O. The van der Waals surface area contributed by atoms with E-state index >= 15 is 0 Å². The molecule has 98 valence electrons. The summed E-state index contributed by atoms with van der Waals surface area (Å²) in [4.78, 5) is 12.3. The molecule has 3 nitrogen and oxygen atoms in total. The van der Waals surface area contributed by atoms with Gasteiger partial charge in [0.2, 0.25) is 0 Å². The van der Waals surface area contributed by atoms with Crippen LogP contribution in [0, 0.1) is 6.92 Å². The minimum atomic E-state index is 0.0638. The van der Waals surface area contributed by atoms with Crippen LogP contribution >= 0.6 is 0 Å². The van der Waals surface area contributed by atoms with E-state index in [1.54, 1.807) is 0 Å². The summed E-state index contributed by atoms with van der Waals surface area (Å²) in [5, 5.41) is 10.4. The summed E-state index contributed by atoms with van der Waals surface area (Å²) in [6.07, 6.45) is 0.276. The molecule has 0 bridgehead atoms. The van der Waals surface area contributed by atoms with Crippen molar-refractivity contribution in [2.45, 2.75) is 13.3 Å². The molecule has 1 heterocycles. The largest absolute Gasteiger partial charge is 0.294 e. The number of aryl methyl sites for hydroxylation is 1. The highest BCUT2D eigenvalue weighted by molar-refractivity contribution is 5.99. The quantitative estimate of drug-likeness (QED) is 0.680. The van der Waals surface area contributed by atoms with Crippen LogP contribution in [-0.4, -0.2) is 16.0 Å². The van der Waals surface area contributed by atoms with Gasteiger partial charge in [0.15, 0.2) is 5.78 Å². The summed E-state index contributed by atoms with van der Waals surface area (Å²) in [5.74, 6) is 0.0638. The first-order chi connectivity index (χ1) is 9.75. The average Bonchev–Trinajstić information content (AvgIpc) is 2.51. The van der Waals surface area contributed by atoms with E-state index in [0.717, 1.165) is 22.2 Å². The molecule has 0 atom stereocenters. The summed E-state index contributed by atoms with van der Waals surface area (Å²) in [7, 11) is 0. The van der Waals surface area contributed by atoms with E-state index in [1.165, 1.54) is 0 Å². The predicted octanol–water partition coefficient (Wildman–Crippen LogP) is 3.36. The number of hydrogen-bond donors (Lipinski definition) is 0. The maximum atomic E-state index is 12.3. The summed E-state index contributed by atoms with van der Waals surface area (Å²) in [5.41, 5.74) is 2.33. The topological polar surface area (TPSA) is 42.9 Å². The smallest absolute Gasteiger partial charge is 0.168 e. The zero-order valence-electron chi connectivity index (χ0n) is 11.2. The normalized spacial score (nSPS) is 10.7. The minimum absolute atomic E-state index is 0.0638. The fourth-order valence-corrected chi connectivity index (χ4v) is 2.30. The summed E-state index contributed by atoms with van der Waals surface area (Å²) in [6.45, 7) is 1.93. The molecule has 0 radical (unpaired) electrons. The van der Waals surface area contributed by atoms with Gasteiger partial charge in [-0.2, -0.15) is 10.2 Å². The third kappa shape index (κ3) is 2.30. The van der Waals surface area contributed by atoms with Crippen LogP contribution < -0.4 is 0 Å². The molecule has 0 fully saturated rings. The van der Waals surface area contributed by atoms with Crippen LogP contribution in [0.2, 0.25) is 0 Å². The van der Waals surface area contributed by atoms with Crippen molar-refractivity contribution < 1.29 is 4.79 Å². The Hall–Kier alpha value is -2.55. The standard InChI is InChI=1S/C17H14N2O/c1-12-14-9-5-6-10-15(14)16(19-18-12)11-17(20)13-7-3-2-4-8-13/h2-10H,11H2,1H3. The number of nitrogens with zero attached hydrogens (tertiary/aromatic N) is 2. The number of carbonyl (C=O) groups is 1. The first-order valence-electron chi connectivity index (χ1n) is 6.55. The lowest BCUT2D eigenvalue weighted by Crippen LogP contribution is -2.07. The second-order valence-corrected chi connectivity index (χ2v) is 4.74. The van der Waals surface area contributed by atoms with Crippen LogP contribution in [0.3, 0.4) is 0 Å². The number of aromatic nitrogens is 2. The fourth-order valence-electron chi connectivity index (χ4n) is 2.30. The first-order valence-corrected chi connectivity index (χ1v) is 6.55. The monoisotopic (exact) mass is 262 g/mol. The molecule has 0 aliphatic carbocycles. The van der Waals surface area contributed by atoms with Crippen molar-refractivity contribution in [2.24, 2.45) is 0 Å². The van der Waals surface area contributed by atoms with Gasteiger partial charge >= 0.3 is 0 Å². The van der Waals surface area contributed by atoms with Gasteiger partial charge in [0, 0.05) is 16.3 Å². The fraction of sp³-hybridized carbons (Fsp3) is 0.118. The predicted molar refractivity (Wildman–Crippen MR) is 78.8 cm³/mol. The Morgan fingerprint density at radius 2 is 1.55 bits per heavy atom. The summed E-state index contributed by atoms with van der Waals surface area (Å²) in [6, 6.07) is 17.2. The number of fused-ring (bicyclic) bond motifs is 1. The average molecular weight is 262 g/mol. The molecule has 0 aliphatic rings. The number of rotatable bonds is 3. The van der Waals surface area contributed by atoms with Crippen molar-refractivity contribution in [3.05, 3.63) is 71.5 Å². The van der Waals surface area contributed by atoms with Gasteiger partial charge in [0.1, 0.15) is 0 Å². The molecular weight excluding hydrogens is 248 g/mol. The number of benzene rings is 2. The Kier molecular flexibility index (Phi) is 3.25. The van der Waals surface area contributed by atoms with Crippen LogP contribution in [0.5, 0.6) is 0 Å². The summed E-state index contributed by atoms with van der Waals surface area (Å²) >= 11 is 0. The molecule has 20 heavy (non-hydrogen) atoms. The molecule has 3 aromatic rings. The molecule has 0 amide bonds. The summed E-state index contributed by atoms with van der Waals surface area (Å²) < 4.78 is 0. The first kappa shape index (κ1) is 12.5. The number of carbonyl (C=O) groups excluding carboxylic acids is 1. The highest BCUT2D eigenvalue weighted by Gasteiger charge is 2.12. The Balaban J connectivity index is 2.00. The maximum absolute atomic E-state index is 12.3. The van der Waals surface area contributed by atoms with Crippen molar-refractivity contribution in [3.8, 4) is 0 Å². The number of Topliss-reactive ketones (excluding diaryl/α,β-unsaturated/α-hetero) is 1. The van der Waals surface area contributed by atoms with Gasteiger partial charge in [-0.05, 0) is 6.92 Å². The maximum Gasteiger partial charge on any atom is 0.168 e. The Labute approximate surface area is 117 Å². The van der Waals surface area contributed by atoms with E-state index in [9.17, 15) is 4.79 Å². The highest BCUT2D eigenvalue weighted by Crippen LogP contribution is 2.19. The van der Waals surface area contributed by atoms with E-state index in [4.69, 9.17) is 0 Å². The zero-order chi connectivity index (χ0) is 13.9. The van der Waals surface area contributed by atoms with Crippen molar-refractivity contribution >= 4 is 16.6 Å². The molecule has 1 aromatic heterocycles. The van der Waals surface area contributed by atoms with Crippen molar-refractivity contribution in [1.29, 1.82) is 0 Å². The highest BCUT2D eigenvalue weighted by atomic mass is 16.1. The van der Waals surface area contributed by atoms with Crippen molar-refractivity contribution in [2.75, 3.05) is 0 Å². The number of hydrogen-bond acceptors (Lipinski definition) is 3. The molecule has 0 saturated heterocycles. The molecule has 3 heteroatoms. The van der Waals surface area contributed by atoms with Crippen LogP contribution in [0.15, 0.2) is 54.6 Å². The van der Waals surface area contributed by atoms with E-state index in [0.29, 0.717) is 5.56 Å². The van der Waals surface area contributed by atoms with Gasteiger partial charge in [-0.15, -0.1) is 0 Å². The van der Waals surface area contributed by atoms with E-state index < -0.39 is 0 Å². The van der Waals surface area contributed by atoms with Gasteiger partial charge in [0.05, 0.1) is 17.8 Å². The minimum Gasteiger partial charge on any atom is -0.294 e. The van der Waals surface area contributed by atoms with E-state index in [2.05, 4.69) is 10.2 Å². The molecule has 0 spiro atoms. The number of ketones is 1. The molecule has 0 N–H and O–H groups in total. The van der Waals surface area contributed by atoms with Crippen molar-refractivity contribution in [1.82, 2.24) is 10.2 Å². The molecule has 0 unspecified atom stereocenters. The lowest BCUT2D eigenvalue weighted by Gasteiger charge is -2.06. The van der Waals surface area contributed by atoms with Gasteiger partial charge in [-0.25, -0.2) is 0 Å². The van der Waals surface area contributed by atoms with Crippen LogP contribution in [-0.2, 0) is 6.42 Å². The molecule has 3 rings (SSSR count). The Bertz CT molecular complexity index is 766. The lowest BCUT2D eigenvalue weighted by atomic mass is 10.0. The third-order valence-corrected chi connectivity index (χ3v) is 3.37.